The molecule has 1 aromatic rings. The Morgan fingerprint density at radius 2 is 2.41 bits per heavy atom. The highest BCUT2D eigenvalue weighted by Crippen LogP contribution is 2.31. The minimum Gasteiger partial charge on any atom is -0.366 e. The first kappa shape index (κ1) is 10.8. The van der Waals surface area contributed by atoms with Crippen molar-refractivity contribution in [2.45, 2.75) is 18.9 Å². The highest BCUT2D eigenvalue weighted by atomic mass is 35.5. The van der Waals surface area contributed by atoms with Crippen molar-refractivity contribution in [3.63, 3.8) is 0 Å². The molecular weight excluding hydrogens is 238 g/mol. The van der Waals surface area contributed by atoms with Gasteiger partial charge in [0.1, 0.15) is 5.15 Å². The normalized spacial score (nSPS) is 27.8. The van der Waals surface area contributed by atoms with Crippen LogP contribution in [0.1, 0.15) is 12.8 Å². The number of pyridine rings is 1. The predicted octanol–water partition coefficient (Wildman–Crippen LogP) is 1.45. The summed E-state index contributed by atoms with van der Waals surface area (Å²) in [5.74, 6) is 0.329. The first-order chi connectivity index (χ1) is 8.25. The van der Waals surface area contributed by atoms with Crippen molar-refractivity contribution in [2.75, 3.05) is 18.0 Å². The zero-order valence-electron chi connectivity index (χ0n) is 9.40. The molecular formula is C12H14ClN3O. The molecule has 17 heavy (non-hydrogen) atoms. The number of nitrogens with zero attached hydrogens (tertiary/aromatic N) is 2. The van der Waals surface area contributed by atoms with E-state index in [1.165, 1.54) is 0 Å². The van der Waals surface area contributed by atoms with Gasteiger partial charge in [-0.2, -0.15) is 0 Å². The van der Waals surface area contributed by atoms with Crippen LogP contribution in [-0.4, -0.2) is 30.0 Å². The molecule has 2 aliphatic heterocycles. The quantitative estimate of drug-likeness (QED) is 0.769. The second kappa shape index (κ2) is 4.18. The molecule has 1 aromatic heterocycles. The number of amides is 1. The number of anilines is 1. The maximum atomic E-state index is 11.7. The lowest BCUT2D eigenvalue weighted by molar-refractivity contribution is -0.122. The van der Waals surface area contributed by atoms with Gasteiger partial charge in [-0.3, -0.25) is 4.79 Å². The Bertz CT molecular complexity index is 451. The Balaban J connectivity index is 1.90. The summed E-state index contributed by atoms with van der Waals surface area (Å²) in [6, 6.07) is 4.10. The summed E-state index contributed by atoms with van der Waals surface area (Å²) < 4.78 is 0. The molecule has 2 atom stereocenters. The van der Waals surface area contributed by atoms with Crippen molar-refractivity contribution in [3.8, 4) is 0 Å². The number of rotatable bonds is 1. The number of piperidine rings is 1. The number of fused-ring (bicyclic) bond motifs is 1. The van der Waals surface area contributed by atoms with Gasteiger partial charge in [0.15, 0.2) is 0 Å². The van der Waals surface area contributed by atoms with Gasteiger partial charge in [0, 0.05) is 25.0 Å². The van der Waals surface area contributed by atoms with E-state index in [1.807, 2.05) is 12.1 Å². The predicted molar refractivity (Wildman–Crippen MR) is 66.1 cm³/mol. The lowest BCUT2D eigenvalue weighted by Gasteiger charge is -2.37. The average Bonchev–Trinajstić information content (AvgIpc) is 2.71. The maximum Gasteiger partial charge on any atom is 0.225 e. The average molecular weight is 252 g/mol. The third-order valence-electron chi connectivity index (χ3n) is 3.64. The summed E-state index contributed by atoms with van der Waals surface area (Å²) in [6.07, 6.45) is 3.76. The molecule has 1 N–H and O–H groups in total. The van der Waals surface area contributed by atoms with Crippen LogP contribution in [0.2, 0.25) is 5.15 Å². The van der Waals surface area contributed by atoms with Crippen LogP contribution in [0.4, 0.5) is 5.69 Å². The summed E-state index contributed by atoms with van der Waals surface area (Å²) >= 11 is 5.92. The minimum absolute atomic E-state index is 0.135. The van der Waals surface area contributed by atoms with Crippen molar-refractivity contribution in [2.24, 2.45) is 5.92 Å². The molecule has 5 heteroatoms. The van der Waals surface area contributed by atoms with E-state index in [9.17, 15) is 4.79 Å². The van der Waals surface area contributed by atoms with Gasteiger partial charge in [-0.15, -0.1) is 0 Å². The Kier molecular flexibility index (Phi) is 2.67. The molecule has 0 bridgehead atoms. The van der Waals surface area contributed by atoms with E-state index in [0.717, 1.165) is 31.6 Å². The van der Waals surface area contributed by atoms with Crippen LogP contribution in [0.5, 0.6) is 0 Å². The molecule has 2 fully saturated rings. The van der Waals surface area contributed by atoms with Crippen molar-refractivity contribution in [3.05, 3.63) is 23.5 Å². The van der Waals surface area contributed by atoms with Crippen LogP contribution in [-0.2, 0) is 4.79 Å². The van der Waals surface area contributed by atoms with Gasteiger partial charge in [0.05, 0.1) is 12.0 Å². The first-order valence-electron chi connectivity index (χ1n) is 5.91. The van der Waals surface area contributed by atoms with Crippen LogP contribution >= 0.6 is 11.6 Å². The number of carbonyl (C=O) groups excluding carboxylic acids is 1. The number of hydrogen-bond donors (Lipinski definition) is 1. The van der Waals surface area contributed by atoms with Crippen molar-refractivity contribution < 1.29 is 4.79 Å². The fourth-order valence-corrected chi connectivity index (χ4v) is 3.01. The lowest BCUT2D eigenvalue weighted by atomic mass is 9.91. The van der Waals surface area contributed by atoms with Gasteiger partial charge in [-0.25, -0.2) is 4.98 Å². The van der Waals surface area contributed by atoms with E-state index in [4.69, 9.17) is 11.6 Å². The van der Waals surface area contributed by atoms with Crippen LogP contribution < -0.4 is 10.2 Å². The fourth-order valence-electron chi connectivity index (χ4n) is 2.84. The van der Waals surface area contributed by atoms with Crippen molar-refractivity contribution >= 4 is 23.2 Å². The van der Waals surface area contributed by atoms with E-state index >= 15 is 0 Å². The van der Waals surface area contributed by atoms with E-state index in [0.29, 0.717) is 5.15 Å². The maximum absolute atomic E-state index is 11.7. The summed E-state index contributed by atoms with van der Waals surface area (Å²) in [5.41, 5.74) is 1.07. The standard InChI is InChI=1S/C12H14ClN3O/c13-11-6-8(3-4-14-11)16-5-1-2-9-10(16)7-15-12(9)17/h3-4,6,9-10H,1-2,5,7H2,(H,15,17). The largest absolute Gasteiger partial charge is 0.366 e. The molecule has 3 rings (SSSR count). The molecule has 4 nitrogen and oxygen atoms in total. The first-order valence-corrected chi connectivity index (χ1v) is 6.29. The molecule has 2 aliphatic rings. The zero-order chi connectivity index (χ0) is 11.8. The van der Waals surface area contributed by atoms with E-state index in [2.05, 4.69) is 15.2 Å². The molecule has 1 amide bonds. The molecule has 2 saturated heterocycles. The van der Waals surface area contributed by atoms with Crippen LogP contribution in [0.15, 0.2) is 18.3 Å². The van der Waals surface area contributed by atoms with Crippen molar-refractivity contribution in [1.82, 2.24) is 10.3 Å². The third kappa shape index (κ3) is 1.86. The summed E-state index contributed by atoms with van der Waals surface area (Å²) in [5, 5.41) is 3.45. The van der Waals surface area contributed by atoms with Gasteiger partial charge < -0.3 is 10.2 Å². The molecule has 90 valence electrons. The van der Waals surface area contributed by atoms with Crippen LogP contribution in [0.25, 0.3) is 0 Å². The van der Waals surface area contributed by atoms with Gasteiger partial charge in [-0.1, -0.05) is 11.6 Å². The fraction of sp³-hybridized carbons (Fsp3) is 0.500. The number of aromatic nitrogens is 1. The van der Waals surface area contributed by atoms with E-state index in [1.54, 1.807) is 6.20 Å². The third-order valence-corrected chi connectivity index (χ3v) is 3.85. The Morgan fingerprint density at radius 1 is 1.53 bits per heavy atom. The number of hydrogen-bond acceptors (Lipinski definition) is 3. The van der Waals surface area contributed by atoms with Gasteiger partial charge >= 0.3 is 0 Å². The van der Waals surface area contributed by atoms with Crippen LogP contribution in [0, 0.1) is 5.92 Å². The number of carbonyl (C=O) groups is 1. The van der Waals surface area contributed by atoms with Gasteiger partial charge in [-0.05, 0) is 25.0 Å². The zero-order valence-corrected chi connectivity index (χ0v) is 10.2. The van der Waals surface area contributed by atoms with Crippen LogP contribution in [0.3, 0.4) is 0 Å². The molecule has 0 saturated carbocycles. The summed E-state index contributed by atoms with van der Waals surface area (Å²) in [7, 11) is 0. The molecule has 2 unspecified atom stereocenters. The SMILES string of the molecule is O=C1NCC2C1CCCN2c1ccnc(Cl)c1. The minimum atomic E-state index is 0.135. The Hall–Kier alpha value is -1.29. The monoisotopic (exact) mass is 251 g/mol. The Labute approximate surface area is 105 Å². The molecule has 3 heterocycles. The van der Waals surface area contributed by atoms with Crippen molar-refractivity contribution in [1.29, 1.82) is 0 Å². The van der Waals surface area contributed by atoms with Gasteiger partial charge in [0.25, 0.3) is 0 Å². The molecule has 0 spiro atoms. The highest BCUT2D eigenvalue weighted by molar-refractivity contribution is 6.29. The smallest absolute Gasteiger partial charge is 0.225 e. The Morgan fingerprint density at radius 3 is 3.24 bits per heavy atom. The lowest BCUT2D eigenvalue weighted by Crippen LogP contribution is -2.45. The molecule has 0 aliphatic carbocycles. The topological polar surface area (TPSA) is 45.2 Å². The summed E-state index contributed by atoms with van der Waals surface area (Å²) in [6.45, 7) is 1.72. The van der Waals surface area contributed by atoms with Gasteiger partial charge in [0.2, 0.25) is 5.91 Å². The number of halogens is 1. The number of nitrogens with one attached hydrogen (secondary N) is 1. The molecule has 0 radical (unpaired) electrons. The summed E-state index contributed by atoms with van der Waals surface area (Å²) in [4.78, 5) is 17.9. The van der Waals surface area contributed by atoms with E-state index < -0.39 is 0 Å². The molecule has 0 aromatic carbocycles. The second-order valence-electron chi connectivity index (χ2n) is 4.59. The highest BCUT2D eigenvalue weighted by Gasteiger charge is 2.40. The van der Waals surface area contributed by atoms with E-state index in [-0.39, 0.29) is 17.9 Å². The second-order valence-corrected chi connectivity index (χ2v) is 4.98.